The second-order valence-electron chi connectivity index (χ2n) is 4.44. The molecule has 0 spiro atoms. The summed E-state index contributed by atoms with van der Waals surface area (Å²) in [6, 6.07) is -1.44. The van der Waals surface area contributed by atoms with E-state index in [0.717, 1.165) is 0 Å². The quantitative estimate of drug-likeness (QED) is 0.793. The van der Waals surface area contributed by atoms with Crippen molar-refractivity contribution in [3.05, 3.63) is 0 Å². The number of hydrogen-bond donors (Lipinski definition) is 2. The van der Waals surface area contributed by atoms with Gasteiger partial charge >= 0.3 is 18.2 Å². The first-order chi connectivity index (χ1) is 9.17. The summed E-state index contributed by atoms with van der Waals surface area (Å²) in [5.74, 6) is -0.763. The van der Waals surface area contributed by atoms with Gasteiger partial charge in [0.1, 0.15) is 13.1 Å². The number of nitrogens with zero attached hydrogens (tertiary/aromatic N) is 1. The Labute approximate surface area is 115 Å². The van der Waals surface area contributed by atoms with Gasteiger partial charge in [-0.25, -0.2) is 4.79 Å². The van der Waals surface area contributed by atoms with Crippen molar-refractivity contribution in [1.29, 1.82) is 0 Å². The van der Waals surface area contributed by atoms with Crippen LogP contribution in [0, 0.1) is 0 Å². The lowest BCUT2D eigenvalue weighted by molar-refractivity contribution is -0.149. The number of rotatable bonds is 4. The van der Waals surface area contributed by atoms with Gasteiger partial charge in [0.15, 0.2) is 0 Å². The Bertz CT molecular complexity index is 392. The Kier molecular flexibility index (Phi) is 5.78. The van der Waals surface area contributed by atoms with Crippen LogP contribution < -0.4 is 5.32 Å². The van der Waals surface area contributed by atoms with Gasteiger partial charge in [-0.15, -0.1) is 0 Å². The van der Waals surface area contributed by atoms with Crippen molar-refractivity contribution in [3.63, 3.8) is 0 Å². The highest BCUT2D eigenvalue weighted by Crippen LogP contribution is 2.17. The number of carbonyl (C=O) groups excluding carboxylic acids is 1. The normalized spacial score (nSPS) is 23.1. The van der Waals surface area contributed by atoms with Crippen LogP contribution in [0.4, 0.5) is 18.0 Å². The average Bonchev–Trinajstić information content (AvgIpc) is 2.29. The number of carbonyl (C=O) groups is 2. The zero-order valence-corrected chi connectivity index (χ0v) is 11.3. The van der Waals surface area contributed by atoms with Crippen molar-refractivity contribution in [2.45, 2.75) is 25.1 Å². The van der Waals surface area contributed by atoms with E-state index in [1.165, 1.54) is 0 Å². The fourth-order valence-electron chi connectivity index (χ4n) is 1.78. The maximum atomic E-state index is 12.3. The molecule has 0 aromatic rings. The monoisotopic (exact) mass is 316 g/mol. The van der Waals surface area contributed by atoms with Crippen LogP contribution in [0.5, 0.6) is 0 Å². The van der Waals surface area contributed by atoms with Crippen molar-refractivity contribution in [3.8, 4) is 0 Å². The summed E-state index contributed by atoms with van der Waals surface area (Å²) in [5, 5.41) is 10.9. The largest absolute Gasteiger partial charge is 0.480 e. The molecule has 6 nitrogen and oxygen atoms in total. The number of alkyl halides is 3. The van der Waals surface area contributed by atoms with Crippen molar-refractivity contribution in [1.82, 2.24) is 10.2 Å². The molecule has 0 saturated carbocycles. The zero-order chi connectivity index (χ0) is 15.3. The highest BCUT2D eigenvalue weighted by molar-refractivity contribution is 7.85. The molecule has 116 valence electrons. The first kappa shape index (κ1) is 16.7. The Morgan fingerprint density at radius 2 is 1.85 bits per heavy atom. The minimum atomic E-state index is -4.67. The molecule has 1 aliphatic rings. The molecule has 1 fully saturated rings. The lowest BCUT2D eigenvalue weighted by atomic mass is 10.1. The van der Waals surface area contributed by atoms with E-state index in [-0.39, 0.29) is 10.9 Å². The second-order valence-corrected chi connectivity index (χ2v) is 6.13. The third kappa shape index (κ3) is 6.22. The summed E-state index contributed by atoms with van der Waals surface area (Å²) in [4.78, 5) is 22.4. The number of hydrogen-bond acceptors (Lipinski definition) is 3. The smallest absolute Gasteiger partial charge is 0.406 e. The van der Waals surface area contributed by atoms with Crippen molar-refractivity contribution in [2.24, 2.45) is 0 Å². The van der Waals surface area contributed by atoms with Crippen molar-refractivity contribution >= 4 is 22.8 Å². The summed E-state index contributed by atoms with van der Waals surface area (Å²) in [7, 11) is -0.950. The fraction of sp³-hybridized carbons (Fsp3) is 0.800. The summed E-state index contributed by atoms with van der Waals surface area (Å²) >= 11 is 0. The molecule has 10 heteroatoms. The topological polar surface area (TPSA) is 86.7 Å². The number of carboxylic acids is 1. The van der Waals surface area contributed by atoms with Gasteiger partial charge in [0, 0.05) is 28.3 Å². The molecule has 0 atom stereocenters. The fourth-order valence-corrected chi connectivity index (χ4v) is 3.08. The van der Waals surface area contributed by atoms with Crippen LogP contribution in [-0.4, -0.2) is 63.0 Å². The van der Waals surface area contributed by atoms with Crippen molar-refractivity contribution < 1.29 is 32.1 Å². The van der Waals surface area contributed by atoms with Gasteiger partial charge in [0.05, 0.1) is 0 Å². The van der Waals surface area contributed by atoms with E-state index in [9.17, 15) is 27.0 Å². The van der Waals surface area contributed by atoms with Crippen LogP contribution in [-0.2, 0) is 15.6 Å². The molecule has 20 heavy (non-hydrogen) atoms. The van der Waals surface area contributed by atoms with Gasteiger partial charge in [-0.2, -0.15) is 13.2 Å². The minimum absolute atomic E-state index is 0.202. The van der Waals surface area contributed by atoms with Crippen LogP contribution in [0.15, 0.2) is 0 Å². The molecular weight excluding hydrogens is 301 g/mol. The molecule has 0 aliphatic carbocycles. The maximum absolute atomic E-state index is 12.3. The summed E-state index contributed by atoms with van der Waals surface area (Å²) < 4.78 is 48.0. The number of aliphatic carboxylic acids is 1. The molecule has 1 saturated heterocycles. The number of urea groups is 1. The van der Waals surface area contributed by atoms with E-state index in [2.05, 4.69) is 5.32 Å². The van der Waals surface area contributed by atoms with Crippen LogP contribution in [0.1, 0.15) is 12.8 Å². The van der Waals surface area contributed by atoms with E-state index < -0.39 is 42.1 Å². The predicted molar refractivity (Wildman–Crippen MR) is 64.7 cm³/mol. The minimum Gasteiger partial charge on any atom is -0.480 e. The summed E-state index contributed by atoms with van der Waals surface area (Å²) in [6.07, 6.45) is -3.85. The zero-order valence-electron chi connectivity index (χ0n) is 10.5. The molecule has 0 bridgehead atoms. The van der Waals surface area contributed by atoms with E-state index in [1.54, 1.807) is 0 Å². The molecule has 0 unspecified atom stereocenters. The van der Waals surface area contributed by atoms with E-state index >= 15 is 0 Å². The lowest BCUT2D eigenvalue weighted by Gasteiger charge is -2.27. The highest BCUT2D eigenvalue weighted by atomic mass is 32.2. The third-order valence-electron chi connectivity index (χ3n) is 2.70. The van der Waals surface area contributed by atoms with Gasteiger partial charge in [0.2, 0.25) is 0 Å². The number of amides is 2. The predicted octanol–water partition coefficient (Wildman–Crippen LogP) is 0.556. The molecule has 2 amide bonds. The average molecular weight is 316 g/mol. The van der Waals surface area contributed by atoms with Gasteiger partial charge in [-0.05, 0) is 12.8 Å². The SMILES string of the molecule is O=C(O)CN(CC(F)(F)F)C(=O)NC1CCS(=O)CC1. The van der Waals surface area contributed by atoms with Crippen LogP contribution in [0.2, 0.25) is 0 Å². The maximum Gasteiger partial charge on any atom is 0.406 e. The Balaban J connectivity index is 2.58. The second kappa shape index (κ2) is 6.91. The molecule has 1 aliphatic heterocycles. The first-order valence-electron chi connectivity index (χ1n) is 5.86. The number of halogens is 3. The highest BCUT2D eigenvalue weighted by Gasteiger charge is 2.34. The summed E-state index contributed by atoms with van der Waals surface area (Å²) in [6.45, 7) is -2.65. The molecule has 0 aromatic heterocycles. The Morgan fingerprint density at radius 1 is 1.30 bits per heavy atom. The van der Waals surface area contributed by atoms with Gasteiger partial charge < -0.3 is 15.3 Å². The molecule has 1 heterocycles. The Hall–Kier alpha value is -1.32. The number of carboxylic acid groups (broad SMARTS) is 1. The summed E-state index contributed by atoms with van der Waals surface area (Å²) in [5.41, 5.74) is 0. The first-order valence-corrected chi connectivity index (χ1v) is 7.35. The standard InChI is InChI=1S/C10H15F3N2O4S/c11-10(12,13)6-15(5-8(16)17)9(18)14-7-1-3-20(19)4-2-7/h7H,1-6H2,(H,14,18)(H,16,17). The van der Waals surface area contributed by atoms with Gasteiger partial charge in [-0.1, -0.05) is 0 Å². The molecule has 1 rings (SSSR count). The lowest BCUT2D eigenvalue weighted by Crippen LogP contribution is -2.51. The third-order valence-corrected chi connectivity index (χ3v) is 4.08. The van der Waals surface area contributed by atoms with E-state index in [0.29, 0.717) is 24.3 Å². The van der Waals surface area contributed by atoms with Crippen LogP contribution >= 0.6 is 0 Å². The van der Waals surface area contributed by atoms with E-state index in [4.69, 9.17) is 5.11 Å². The molecule has 0 aromatic carbocycles. The molecule has 0 radical (unpaired) electrons. The molecule has 2 N–H and O–H groups in total. The number of nitrogens with one attached hydrogen (secondary N) is 1. The Morgan fingerprint density at radius 3 is 2.30 bits per heavy atom. The van der Waals surface area contributed by atoms with E-state index in [1.807, 2.05) is 0 Å². The van der Waals surface area contributed by atoms with Crippen LogP contribution in [0.3, 0.4) is 0 Å². The van der Waals surface area contributed by atoms with Gasteiger partial charge in [-0.3, -0.25) is 9.00 Å². The van der Waals surface area contributed by atoms with Crippen molar-refractivity contribution in [2.75, 3.05) is 24.6 Å². The molecular formula is C10H15F3N2O4S. The van der Waals surface area contributed by atoms with Crippen LogP contribution in [0.25, 0.3) is 0 Å². The van der Waals surface area contributed by atoms with Gasteiger partial charge in [0.25, 0.3) is 0 Å².